The van der Waals surface area contributed by atoms with Crippen LogP contribution < -0.4 is 10.3 Å². The molecule has 1 rings (SSSR count). The third kappa shape index (κ3) is 2.80. The first-order valence-electron chi connectivity index (χ1n) is 4.77. The normalized spacial score (nSPS) is 10.4. The van der Waals surface area contributed by atoms with E-state index in [1.54, 1.807) is 0 Å². The van der Waals surface area contributed by atoms with Crippen molar-refractivity contribution in [3.63, 3.8) is 0 Å². The van der Waals surface area contributed by atoms with Crippen LogP contribution in [-0.4, -0.2) is 24.7 Å². The Kier molecular flexibility index (Phi) is 4.19. The van der Waals surface area contributed by atoms with Gasteiger partial charge in [-0.3, -0.25) is 4.79 Å². The standard InChI is InChI=1S/C10H11F2NO4/c1-3-17-10(15)8-7(9(11)12)5(16-2)4-6(14)13-8/h4,9H,3H2,1-2H3,(H,13,14). The van der Waals surface area contributed by atoms with Gasteiger partial charge >= 0.3 is 5.97 Å². The molecule has 0 atom stereocenters. The Morgan fingerprint density at radius 3 is 2.65 bits per heavy atom. The topological polar surface area (TPSA) is 68.4 Å². The number of pyridine rings is 1. The average Bonchev–Trinajstić information content (AvgIpc) is 2.27. The van der Waals surface area contributed by atoms with Crippen molar-refractivity contribution in [3.05, 3.63) is 27.7 Å². The van der Waals surface area contributed by atoms with E-state index in [4.69, 9.17) is 0 Å². The molecule has 0 unspecified atom stereocenters. The van der Waals surface area contributed by atoms with Crippen LogP contribution in [0, 0.1) is 0 Å². The molecule has 0 fully saturated rings. The summed E-state index contributed by atoms with van der Waals surface area (Å²) in [5.74, 6) is -1.36. The zero-order chi connectivity index (χ0) is 13.0. The smallest absolute Gasteiger partial charge is 0.355 e. The Morgan fingerprint density at radius 1 is 1.53 bits per heavy atom. The van der Waals surface area contributed by atoms with Crippen LogP contribution in [0.25, 0.3) is 0 Å². The monoisotopic (exact) mass is 247 g/mol. The van der Waals surface area contributed by atoms with Gasteiger partial charge in [0.1, 0.15) is 11.4 Å². The Balaban J connectivity index is 3.40. The molecule has 5 nitrogen and oxygen atoms in total. The number of carbonyl (C=O) groups is 1. The molecule has 7 heteroatoms. The number of rotatable bonds is 4. The number of aromatic amines is 1. The molecule has 1 aromatic heterocycles. The molecule has 0 amide bonds. The molecule has 1 heterocycles. The largest absolute Gasteiger partial charge is 0.496 e. The van der Waals surface area contributed by atoms with Gasteiger partial charge in [0.2, 0.25) is 0 Å². The minimum absolute atomic E-state index is 0.0146. The highest BCUT2D eigenvalue weighted by atomic mass is 19.3. The molecule has 0 aliphatic carbocycles. The van der Waals surface area contributed by atoms with Gasteiger partial charge in [0.15, 0.2) is 0 Å². The molecule has 0 aliphatic heterocycles. The van der Waals surface area contributed by atoms with Gasteiger partial charge in [0.25, 0.3) is 12.0 Å². The van der Waals surface area contributed by atoms with Crippen LogP contribution in [-0.2, 0) is 4.74 Å². The highest BCUT2D eigenvalue weighted by molar-refractivity contribution is 5.89. The van der Waals surface area contributed by atoms with E-state index < -0.39 is 29.2 Å². The second-order valence-corrected chi connectivity index (χ2v) is 3.01. The van der Waals surface area contributed by atoms with Crippen molar-refractivity contribution in [1.82, 2.24) is 4.98 Å². The highest BCUT2D eigenvalue weighted by Crippen LogP contribution is 2.30. The van der Waals surface area contributed by atoms with Crippen molar-refractivity contribution < 1.29 is 23.0 Å². The first-order valence-corrected chi connectivity index (χ1v) is 4.77. The molecular weight excluding hydrogens is 236 g/mol. The maximum atomic E-state index is 12.8. The molecule has 0 saturated carbocycles. The highest BCUT2D eigenvalue weighted by Gasteiger charge is 2.25. The number of hydrogen-bond acceptors (Lipinski definition) is 4. The van der Waals surface area contributed by atoms with Crippen LogP contribution in [0.4, 0.5) is 8.78 Å². The summed E-state index contributed by atoms with van der Waals surface area (Å²) in [4.78, 5) is 24.6. The minimum atomic E-state index is -2.96. The number of hydrogen-bond donors (Lipinski definition) is 1. The Morgan fingerprint density at radius 2 is 2.18 bits per heavy atom. The van der Waals surface area contributed by atoms with Crippen LogP contribution in [0.5, 0.6) is 5.75 Å². The first kappa shape index (κ1) is 13.1. The zero-order valence-corrected chi connectivity index (χ0v) is 9.25. The lowest BCUT2D eigenvalue weighted by Gasteiger charge is -2.11. The van der Waals surface area contributed by atoms with Gasteiger partial charge in [0.05, 0.1) is 19.3 Å². The van der Waals surface area contributed by atoms with Crippen molar-refractivity contribution in [3.8, 4) is 5.75 Å². The summed E-state index contributed by atoms with van der Waals surface area (Å²) in [6.07, 6.45) is -2.96. The molecular formula is C10H11F2NO4. The molecule has 0 bridgehead atoms. The van der Waals surface area contributed by atoms with E-state index in [0.717, 1.165) is 13.2 Å². The lowest BCUT2D eigenvalue weighted by atomic mass is 10.2. The number of methoxy groups -OCH3 is 1. The summed E-state index contributed by atoms with van der Waals surface area (Å²) in [7, 11) is 1.13. The summed E-state index contributed by atoms with van der Waals surface area (Å²) in [5, 5.41) is 0. The number of carbonyl (C=O) groups excluding carboxylic acids is 1. The second-order valence-electron chi connectivity index (χ2n) is 3.01. The summed E-state index contributed by atoms with van der Waals surface area (Å²) in [5.41, 5.74) is -1.97. The molecule has 0 spiro atoms. The molecule has 0 aliphatic rings. The van der Waals surface area contributed by atoms with E-state index in [2.05, 4.69) is 9.47 Å². The van der Waals surface area contributed by atoms with Crippen LogP contribution in [0.15, 0.2) is 10.9 Å². The number of halogens is 2. The van der Waals surface area contributed by atoms with E-state index in [1.807, 2.05) is 4.98 Å². The SMILES string of the molecule is CCOC(=O)c1[nH]c(=O)cc(OC)c1C(F)F. The van der Waals surface area contributed by atoms with E-state index in [9.17, 15) is 18.4 Å². The average molecular weight is 247 g/mol. The predicted molar refractivity (Wildman–Crippen MR) is 54.5 cm³/mol. The van der Waals surface area contributed by atoms with Crippen LogP contribution >= 0.6 is 0 Å². The van der Waals surface area contributed by atoms with Crippen LogP contribution in [0.1, 0.15) is 29.4 Å². The fourth-order valence-corrected chi connectivity index (χ4v) is 1.30. The van der Waals surface area contributed by atoms with Gasteiger partial charge < -0.3 is 14.5 Å². The first-order chi connectivity index (χ1) is 8.01. The molecule has 0 radical (unpaired) electrons. The van der Waals surface area contributed by atoms with E-state index in [1.165, 1.54) is 6.92 Å². The van der Waals surface area contributed by atoms with Crippen molar-refractivity contribution in [2.75, 3.05) is 13.7 Å². The molecule has 17 heavy (non-hydrogen) atoms. The van der Waals surface area contributed by atoms with Crippen molar-refractivity contribution in [1.29, 1.82) is 0 Å². The summed E-state index contributed by atoms with van der Waals surface area (Å²) < 4.78 is 34.8. The van der Waals surface area contributed by atoms with E-state index in [-0.39, 0.29) is 12.4 Å². The van der Waals surface area contributed by atoms with Crippen LogP contribution in [0.2, 0.25) is 0 Å². The van der Waals surface area contributed by atoms with Crippen molar-refractivity contribution >= 4 is 5.97 Å². The van der Waals surface area contributed by atoms with Gasteiger partial charge in [0, 0.05) is 6.07 Å². The fraction of sp³-hybridized carbons (Fsp3) is 0.400. The lowest BCUT2D eigenvalue weighted by molar-refractivity contribution is 0.0505. The Bertz CT molecular complexity index is 470. The van der Waals surface area contributed by atoms with Crippen molar-refractivity contribution in [2.24, 2.45) is 0 Å². The number of nitrogens with one attached hydrogen (secondary N) is 1. The Labute approximate surface area is 95.4 Å². The van der Waals surface area contributed by atoms with Gasteiger partial charge in [-0.15, -0.1) is 0 Å². The quantitative estimate of drug-likeness (QED) is 0.818. The van der Waals surface area contributed by atoms with Gasteiger partial charge in [-0.05, 0) is 6.92 Å². The van der Waals surface area contributed by atoms with Crippen LogP contribution in [0.3, 0.4) is 0 Å². The molecule has 0 saturated heterocycles. The van der Waals surface area contributed by atoms with Gasteiger partial charge in [-0.1, -0.05) is 0 Å². The molecule has 1 N–H and O–H groups in total. The third-order valence-electron chi connectivity index (χ3n) is 1.96. The number of H-pyrrole nitrogens is 1. The summed E-state index contributed by atoms with van der Waals surface area (Å²) in [6, 6.07) is 0.851. The number of esters is 1. The zero-order valence-electron chi connectivity index (χ0n) is 9.25. The number of aromatic nitrogens is 1. The number of alkyl halides is 2. The Hall–Kier alpha value is -1.92. The fourth-order valence-electron chi connectivity index (χ4n) is 1.30. The summed E-state index contributed by atoms with van der Waals surface area (Å²) in [6.45, 7) is 1.54. The van der Waals surface area contributed by atoms with Crippen molar-refractivity contribution in [2.45, 2.75) is 13.3 Å². The maximum Gasteiger partial charge on any atom is 0.355 e. The van der Waals surface area contributed by atoms with E-state index in [0.29, 0.717) is 0 Å². The third-order valence-corrected chi connectivity index (χ3v) is 1.96. The molecule has 1 aromatic rings. The lowest BCUT2D eigenvalue weighted by Crippen LogP contribution is -2.18. The number of ether oxygens (including phenoxy) is 2. The molecule has 0 aromatic carbocycles. The minimum Gasteiger partial charge on any atom is -0.496 e. The van der Waals surface area contributed by atoms with E-state index >= 15 is 0 Å². The molecule has 94 valence electrons. The van der Waals surface area contributed by atoms with Gasteiger partial charge in [-0.2, -0.15) is 0 Å². The van der Waals surface area contributed by atoms with Gasteiger partial charge in [-0.25, -0.2) is 13.6 Å². The summed E-state index contributed by atoms with van der Waals surface area (Å²) >= 11 is 0. The second kappa shape index (κ2) is 5.42. The maximum absolute atomic E-state index is 12.8. The predicted octanol–water partition coefficient (Wildman–Crippen LogP) is 1.50.